The van der Waals surface area contributed by atoms with Crippen LogP contribution in [0.25, 0.3) is 0 Å². The number of carbonyl (C=O) groups excluding carboxylic acids is 4. The molecule has 2 aromatic carbocycles. The molecule has 1 aliphatic rings. The van der Waals surface area contributed by atoms with Gasteiger partial charge in [-0.15, -0.1) is 0 Å². The maximum absolute atomic E-state index is 13.4. The Balaban J connectivity index is 1.77. The summed E-state index contributed by atoms with van der Waals surface area (Å²) in [4.78, 5) is 55.6. The van der Waals surface area contributed by atoms with Crippen molar-refractivity contribution in [3.8, 4) is 0 Å². The molecule has 1 heterocycles. The lowest BCUT2D eigenvalue weighted by Crippen LogP contribution is -2.47. The summed E-state index contributed by atoms with van der Waals surface area (Å²) < 4.78 is 24.5. The Morgan fingerprint density at radius 2 is 1.21 bits per heavy atom. The first-order chi connectivity index (χ1) is 18.1. The maximum atomic E-state index is 13.4. The van der Waals surface area contributed by atoms with Gasteiger partial charge in [0, 0.05) is 32.7 Å². The molecule has 0 saturated heterocycles. The molecule has 0 bridgehead atoms. The number of benzene rings is 2. The van der Waals surface area contributed by atoms with Gasteiger partial charge in [-0.1, -0.05) is 24.3 Å². The lowest BCUT2D eigenvalue weighted by atomic mass is 10.1. The molecule has 9 nitrogen and oxygen atoms in total. The largest absolute Gasteiger partial charge is 0.444 e. The summed E-state index contributed by atoms with van der Waals surface area (Å²) in [6.45, 7) is 10.6. The average molecular weight is 542 g/mol. The molecule has 0 aliphatic carbocycles. The smallest absolute Gasteiger partial charge is 0.410 e. The van der Waals surface area contributed by atoms with E-state index in [-0.39, 0.29) is 32.7 Å². The number of amides is 4. The zero-order valence-corrected chi connectivity index (χ0v) is 23.3. The summed E-state index contributed by atoms with van der Waals surface area (Å²) in [5.74, 6) is -1.25. The molecule has 2 aromatic rings. The van der Waals surface area contributed by atoms with E-state index in [9.17, 15) is 23.6 Å². The van der Waals surface area contributed by atoms with Crippen molar-refractivity contribution in [3.63, 3.8) is 0 Å². The number of carbonyl (C=O) groups is 4. The first kappa shape index (κ1) is 29.6. The van der Waals surface area contributed by atoms with Crippen LogP contribution < -0.4 is 0 Å². The molecule has 4 amide bonds. The summed E-state index contributed by atoms with van der Waals surface area (Å²) in [5.41, 5.74) is -0.223. The van der Waals surface area contributed by atoms with E-state index in [4.69, 9.17) is 9.47 Å². The Labute approximate surface area is 228 Å². The molecule has 0 fully saturated rings. The van der Waals surface area contributed by atoms with Gasteiger partial charge in [0.15, 0.2) is 0 Å². The second-order valence-electron chi connectivity index (χ2n) is 11.3. The van der Waals surface area contributed by atoms with Crippen LogP contribution in [0.15, 0.2) is 48.5 Å². The number of imide groups is 1. The minimum Gasteiger partial charge on any atom is -0.444 e. The Kier molecular flexibility index (Phi) is 8.99. The van der Waals surface area contributed by atoms with Crippen molar-refractivity contribution in [2.24, 2.45) is 0 Å². The van der Waals surface area contributed by atoms with Gasteiger partial charge in [0.05, 0.1) is 11.1 Å². The van der Waals surface area contributed by atoms with Crippen molar-refractivity contribution in [2.75, 3.05) is 26.2 Å². The molecule has 0 N–H and O–H groups in total. The van der Waals surface area contributed by atoms with Crippen LogP contribution in [0, 0.1) is 5.82 Å². The third-order valence-electron chi connectivity index (χ3n) is 5.70. The summed E-state index contributed by atoms with van der Waals surface area (Å²) in [7, 11) is 0. The van der Waals surface area contributed by atoms with Gasteiger partial charge in [0.2, 0.25) is 0 Å². The van der Waals surface area contributed by atoms with Crippen LogP contribution in [0.1, 0.15) is 67.8 Å². The highest BCUT2D eigenvalue weighted by atomic mass is 19.1. The average Bonchev–Trinajstić information content (AvgIpc) is 3.07. The van der Waals surface area contributed by atoms with Gasteiger partial charge in [-0.25, -0.2) is 14.0 Å². The number of hydrogen-bond acceptors (Lipinski definition) is 6. The molecule has 1 aliphatic heterocycles. The van der Waals surface area contributed by atoms with E-state index < -0.39 is 41.0 Å². The standard InChI is InChI=1S/C29H36FN3O6/c1-28(2,3)38-26(36)31(17-18-33-24(34)22-9-7-8-10-23(22)25(33)35)15-16-32(27(37)39-29(4,5)6)19-20-11-13-21(30)14-12-20/h7-14H,15-19H2,1-6H3. The first-order valence-corrected chi connectivity index (χ1v) is 12.8. The van der Waals surface area contributed by atoms with Crippen molar-refractivity contribution in [2.45, 2.75) is 59.3 Å². The summed E-state index contributed by atoms with van der Waals surface area (Å²) in [6, 6.07) is 12.3. The number of nitrogens with zero attached hydrogens (tertiary/aromatic N) is 3. The Morgan fingerprint density at radius 3 is 1.69 bits per heavy atom. The third kappa shape index (κ3) is 8.27. The highest BCUT2D eigenvalue weighted by Gasteiger charge is 2.36. The number of ether oxygens (including phenoxy) is 2. The monoisotopic (exact) mass is 541 g/mol. The van der Waals surface area contributed by atoms with Gasteiger partial charge in [-0.3, -0.25) is 14.5 Å². The van der Waals surface area contributed by atoms with E-state index in [0.29, 0.717) is 16.7 Å². The molecule has 0 unspecified atom stereocenters. The van der Waals surface area contributed by atoms with Crippen LogP contribution in [-0.4, -0.2) is 76.1 Å². The van der Waals surface area contributed by atoms with Crippen LogP contribution in [0.2, 0.25) is 0 Å². The second-order valence-corrected chi connectivity index (χ2v) is 11.3. The SMILES string of the molecule is CC(C)(C)OC(=O)N(CCN(Cc1ccc(F)cc1)C(=O)OC(C)(C)C)CCN1C(=O)c2ccccc2C1=O. The van der Waals surface area contributed by atoms with E-state index in [1.54, 1.807) is 77.9 Å². The van der Waals surface area contributed by atoms with E-state index in [1.165, 1.54) is 21.9 Å². The number of halogens is 1. The molecular formula is C29H36FN3O6. The summed E-state index contributed by atoms with van der Waals surface area (Å²) >= 11 is 0. The van der Waals surface area contributed by atoms with Gasteiger partial charge in [0.25, 0.3) is 11.8 Å². The van der Waals surface area contributed by atoms with E-state index in [1.807, 2.05) is 0 Å². The molecule has 0 aromatic heterocycles. The minimum atomic E-state index is -0.788. The van der Waals surface area contributed by atoms with Crippen LogP contribution in [0.3, 0.4) is 0 Å². The molecule has 39 heavy (non-hydrogen) atoms. The van der Waals surface area contributed by atoms with Crippen molar-refractivity contribution in [3.05, 3.63) is 71.0 Å². The Bertz CT molecular complexity index is 1180. The van der Waals surface area contributed by atoms with Gasteiger partial charge in [-0.2, -0.15) is 0 Å². The van der Waals surface area contributed by atoms with Crippen LogP contribution in [-0.2, 0) is 16.0 Å². The van der Waals surface area contributed by atoms with Gasteiger partial charge in [-0.05, 0) is 71.4 Å². The minimum absolute atomic E-state index is 0.000904. The highest BCUT2D eigenvalue weighted by molar-refractivity contribution is 6.21. The Hall–Kier alpha value is -3.95. The quantitative estimate of drug-likeness (QED) is 0.432. The fourth-order valence-corrected chi connectivity index (χ4v) is 3.90. The maximum Gasteiger partial charge on any atom is 0.410 e. The fraction of sp³-hybridized carbons (Fsp3) is 0.448. The molecule has 210 valence electrons. The van der Waals surface area contributed by atoms with Crippen molar-refractivity contribution >= 4 is 24.0 Å². The number of rotatable bonds is 8. The number of hydrogen-bond donors (Lipinski definition) is 0. The van der Waals surface area contributed by atoms with E-state index in [2.05, 4.69) is 0 Å². The number of fused-ring (bicyclic) bond motifs is 1. The fourth-order valence-electron chi connectivity index (χ4n) is 3.90. The van der Waals surface area contributed by atoms with Gasteiger partial charge < -0.3 is 19.3 Å². The third-order valence-corrected chi connectivity index (χ3v) is 5.70. The molecular weight excluding hydrogens is 505 g/mol. The first-order valence-electron chi connectivity index (χ1n) is 12.8. The molecule has 0 spiro atoms. The van der Waals surface area contributed by atoms with Crippen molar-refractivity contribution in [1.82, 2.24) is 14.7 Å². The van der Waals surface area contributed by atoms with Crippen molar-refractivity contribution in [1.29, 1.82) is 0 Å². The molecule has 0 atom stereocenters. The Morgan fingerprint density at radius 1 is 0.744 bits per heavy atom. The second kappa shape index (κ2) is 11.8. The predicted octanol–water partition coefficient (Wildman–Crippen LogP) is 5.10. The lowest BCUT2D eigenvalue weighted by Gasteiger charge is -2.32. The van der Waals surface area contributed by atoms with Gasteiger partial charge >= 0.3 is 12.2 Å². The topological polar surface area (TPSA) is 96.5 Å². The van der Waals surface area contributed by atoms with Crippen LogP contribution >= 0.6 is 0 Å². The zero-order chi connectivity index (χ0) is 29.0. The molecule has 0 saturated carbocycles. The zero-order valence-electron chi connectivity index (χ0n) is 23.3. The highest BCUT2D eigenvalue weighted by Crippen LogP contribution is 2.22. The van der Waals surface area contributed by atoms with E-state index in [0.717, 1.165) is 4.90 Å². The van der Waals surface area contributed by atoms with Gasteiger partial charge in [0.1, 0.15) is 17.0 Å². The predicted molar refractivity (Wildman–Crippen MR) is 143 cm³/mol. The van der Waals surface area contributed by atoms with Crippen LogP contribution in [0.4, 0.5) is 14.0 Å². The molecule has 3 rings (SSSR count). The van der Waals surface area contributed by atoms with E-state index >= 15 is 0 Å². The molecule has 0 radical (unpaired) electrons. The molecule has 10 heteroatoms. The lowest BCUT2D eigenvalue weighted by molar-refractivity contribution is 0.0115. The van der Waals surface area contributed by atoms with Crippen LogP contribution in [0.5, 0.6) is 0 Å². The van der Waals surface area contributed by atoms with Crippen molar-refractivity contribution < 1.29 is 33.0 Å². The normalized spacial score (nSPS) is 13.3. The summed E-state index contributed by atoms with van der Waals surface area (Å²) in [5, 5.41) is 0. The summed E-state index contributed by atoms with van der Waals surface area (Å²) in [6.07, 6.45) is -1.25.